The Morgan fingerprint density at radius 3 is 2.31 bits per heavy atom. The molecule has 2 aromatic heterocycles. The van der Waals surface area contributed by atoms with Crippen LogP contribution in [0.4, 0.5) is 17.2 Å². The first kappa shape index (κ1) is 18.4. The number of benzene rings is 1. The molecule has 0 spiro atoms. The van der Waals surface area contributed by atoms with Gasteiger partial charge in [-0.3, -0.25) is 4.72 Å². The van der Waals surface area contributed by atoms with E-state index in [0.29, 0.717) is 15.7 Å². The first-order chi connectivity index (χ1) is 12.4. The number of thiophene rings is 1. The number of nitrogens with one attached hydrogen (secondary N) is 2. The lowest BCUT2D eigenvalue weighted by atomic mass is 10.1. The molecule has 0 atom stereocenters. The van der Waals surface area contributed by atoms with Crippen LogP contribution in [0.1, 0.15) is 22.9 Å². The first-order valence-electron chi connectivity index (χ1n) is 8.28. The zero-order chi connectivity index (χ0) is 18.7. The standard InChI is InChI=1S/C19H21N3O2S2/c1-4-17-6-8-19(25-17)26(23,24)22-15-5-7-18(20-12-15)21-16-10-13(2)9-14(3)11-16/h5-12,22H,4H2,1-3H3,(H,20,21). The van der Waals surface area contributed by atoms with Crippen molar-refractivity contribution in [3.8, 4) is 0 Å². The lowest BCUT2D eigenvalue weighted by Crippen LogP contribution is -2.11. The Labute approximate surface area is 158 Å². The van der Waals surface area contributed by atoms with Gasteiger partial charge in [-0.1, -0.05) is 13.0 Å². The van der Waals surface area contributed by atoms with Gasteiger partial charge in [0.15, 0.2) is 0 Å². The van der Waals surface area contributed by atoms with E-state index >= 15 is 0 Å². The number of aromatic nitrogens is 1. The molecule has 26 heavy (non-hydrogen) atoms. The number of aryl methyl sites for hydroxylation is 3. The van der Waals surface area contributed by atoms with Crippen molar-refractivity contribution in [2.75, 3.05) is 10.0 Å². The molecule has 0 fully saturated rings. The molecule has 1 aromatic carbocycles. The smallest absolute Gasteiger partial charge is 0.271 e. The summed E-state index contributed by atoms with van der Waals surface area (Å²) in [5.41, 5.74) is 3.72. The molecule has 2 heterocycles. The molecular weight excluding hydrogens is 366 g/mol. The fourth-order valence-corrected chi connectivity index (χ4v) is 4.96. The van der Waals surface area contributed by atoms with Gasteiger partial charge < -0.3 is 5.32 Å². The summed E-state index contributed by atoms with van der Waals surface area (Å²) in [5, 5.41) is 3.23. The third-order valence-corrected chi connectivity index (χ3v) is 6.86. The molecule has 0 saturated carbocycles. The van der Waals surface area contributed by atoms with Crippen LogP contribution in [0.15, 0.2) is 52.9 Å². The fraction of sp³-hybridized carbons (Fsp3) is 0.211. The number of anilines is 3. The molecule has 0 saturated heterocycles. The van der Waals surface area contributed by atoms with E-state index in [0.717, 1.165) is 17.0 Å². The van der Waals surface area contributed by atoms with Crippen LogP contribution in [0, 0.1) is 13.8 Å². The minimum Gasteiger partial charge on any atom is -0.340 e. The van der Waals surface area contributed by atoms with Crippen molar-refractivity contribution in [1.82, 2.24) is 4.98 Å². The summed E-state index contributed by atoms with van der Waals surface area (Å²) < 4.78 is 27.8. The van der Waals surface area contributed by atoms with Gasteiger partial charge in [0.25, 0.3) is 10.0 Å². The summed E-state index contributed by atoms with van der Waals surface area (Å²) in [6, 6.07) is 13.1. The molecule has 3 rings (SSSR count). The fourth-order valence-electron chi connectivity index (χ4n) is 2.62. The highest BCUT2D eigenvalue weighted by Gasteiger charge is 2.16. The third-order valence-electron chi connectivity index (χ3n) is 3.76. The van der Waals surface area contributed by atoms with E-state index in [1.54, 1.807) is 18.2 Å². The van der Waals surface area contributed by atoms with Gasteiger partial charge in [0, 0.05) is 10.6 Å². The topological polar surface area (TPSA) is 71.1 Å². The van der Waals surface area contributed by atoms with Crippen LogP contribution in [0.2, 0.25) is 0 Å². The number of hydrogen-bond donors (Lipinski definition) is 2. The Hall–Kier alpha value is -2.38. The SMILES string of the molecule is CCc1ccc(S(=O)(=O)Nc2ccc(Nc3cc(C)cc(C)c3)nc2)s1. The summed E-state index contributed by atoms with van der Waals surface area (Å²) >= 11 is 1.28. The van der Waals surface area contributed by atoms with Crippen molar-refractivity contribution in [3.63, 3.8) is 0 Å². The molecule has 0 amide bonds. The largest absolute Gasteiger partial charge is 0.340 e. The molecule has 0 aliphatic carbocycles. The molecule has 5 nitrogen and oxygen atoms in total. The third kappa shape index (κ3) is 4.42. The molecule has 0 bridgehead atoms. The van der Waals surface area contributed by atoms with E-state index < -0.39 is 10.0 Å². The summed E-state index contributed by atoms with van der Waals surface area (Å²) in [6.07, 6.45) is 2.33. The number of nitrogens with zero attached hydrogens (tertiary/aromatic N) is 1. The number of hydrogen-bond acceptors (Lipinski definition) is 5. The first-order valence-corrected chi connectivity index (χ1v) is 10.6. The Balaban J connectivity index is 1.73. The quantitative estimate of drug-likeness (QED) is 0.633. The number of sulfonamides is 1. The Kier molecular flexibility index (Phi) is 5.29. The summed E-state index contributed by atoms with van der Waals surface area (Å²) in [6.45, 7) is 6.08. The highest BCUT2D eigenvalue weighted by atomic mass is 32.2. The molecule has 0 radical (unpaired) electrons. The van der Waals surface area contributed by atoms with E-state index in [-0.39, 0.29) is 0 Å². The van der Waals surface area contributed by atoms with Gasteiger partial charge in [0.2, 0.25) is 0 Å². The minimum absolute atomic E-state index is 0.312. The molecular formula is C19H21N3O2S2. The second-order valence-corrected chi connectivity index (χ2v) is 9.19. The van der Waals surface area contributed by atoms with Crippen molar-refractivity contribution >= 4 is 38.6 Å². The zero-order valence-electron chi connectivity index (χ0n) is 14.9. The molecule has 136 valence electrons. The second kappa shape index (κ2) is 7.47. The van der Waals surface area contributed by atoms with Crippen LogP contribution >= 0.6 is 11.3 Å². The van der Waals surface area contributed by atoms with Gasteiger partial charge in [-0.15, -0.1) is 11.3 Å². The molecule has 0 aliphatic rings. The average Bonchev–Trinajstić information content (AvgIpc) is 3.06. The number of rotatable bonds is 6. The molecule has 0 unspecified atom stereocenters. The van der Waals surface area contributed by atoms with Crippen LogP contribution in [0.3, 0.4) is 0 Å². The maximum absolute atomic E-state index is 12.4. The Bertz CT molecular complexity index is 989. The average molecular weight is 388 g/mol. The monoisotopic (exact) mass is 387 g/mol. The van der Waals surface area contributed by atoms with Crippen LogP contribution in [-0.4, -0.2) is 13.4 Å². The van der Waals surface area contributed by atoms with Crippen LogP contribution < -0.4 is 10.0 Å². The van der Waals surface area contributed by atoms with E-state index in [4.69, 9.17) is 0 Å². The van der Waals surface area contributed by atoms with E-state index in [1.807, 2.05) is 39.0 Å². The van der Waals surface area contributed by atoms with Crippen molar-refractivity contribution in [3.05, 3.63) is 64.7 Å². The van der Waals surface area contributed by atoms with Crippen molar-refractivity contribution in [2.45, 2.75) is 31.4 Å². The lowest BCUT2D eigenvalue weighted by Gasteiger charge is -2.10. The van der Waals surface area contributed by atoms with Crippen LogP contribution in [0.5, 0.6) is 0 Å². The zero-order valence-corrected chi connectivity index (χ0v) is 16.5. The predicted molar refractivity (Wildman–Crippen MR) is 108 cm³/mol. The van der Waals surface area contributed by atoms with Crippen LogP contribution in [0.25, 0.3) is 0 Å². The van der Waals surface area contributed by atoms with E-state index in [1.165, 1.54) is 28.7 Å². The highest BCUT2D eigenvalue weighted by Crippen LogP contribution is 2.25. The Morgan fingerprint density at radius 2 is 1.73 bits per heavy atom. The second-order valence-electron chi connectivity index (χ2n) is 6.11. The maximum Gasteiger partial charge on any atom is 0.271 e. The predicted octanol–water partition coefficient (Wildman–Crippen LogP) is 4.87. The molecule has 0 aliphatic heterocycles. The van der Waals surface area contributed by atoms with Crippen molar-refractivity contribution in [2.24, 2.45) is 0 Å². The van der Waals surface area contributed by atoms with E-state index in [2.05, 4.69) is 21.1 Å². The van der Waals surface area contributed by atoms with Gasteiger partial charge in [-0.25, -0.2) is 13.4 Å². The molecule has 2 N–H and O–H groups in total. The highest BCUT2D eigenvalue weighted by molar-refractivity contribution is 7.94. The van der Waals surface area contributed by atoms with Crippen LogP contribution in [-0.2, 0) is 16.4 Å². The van der Waals surface area contributed by atoms with Gasteiger partial charge >= 0.3 is 0 Å². The molecule has 3 aromatic rings. The summed E-state index contributed by atoms with van der Waals surface area (Å²) in [4.78, 5) is 5.34. The molecule has 7 heteroatoms. The summed E-state index contributed by atoms with van der Waals surface area (Å²) in [7, 11) is -3.58. The van der Waals surface area contributed by atoms with E-state index in [9.17, 15) is 8.42 Å². The summed E-state index contributed by atoms with van der Waals surface area (Å²) in [5.74, 6) is 0.655. The number of pyridine rings is 1. The van der Waals surface area contributed by atoms with Gasteiger partial charge in [-0.05, 0) is 67.8 Å². The van der Waals surface area contributed by atoms with Crippen molar-refractivity contribution in [1.29, 1.82) is 0 Å². The maximum atomic E-state index is 12.4. The van der Waals surface area contributed by atoms with Crippen molar-refractivity contribution < 1.29 is 8.42 Å². The van der Waals surface area contributed by atoms with Gasteiger partial charge in [-0.2, -0.15) is 0 Å². The normalized spacial score (nSPS) is 11.3. The Morgan fingerprint density at radius 1 is 1.00 bits per heavy atom. The van der Waals surface area contributed by atoms with Gasteiger partial charge in [0.05, 0.1) is 11.9 Å². The van der Waals surface area contributed by atoms with Gasteiger partial charge in [0.1, 0.15) is 10.0 Å². The lowest BCUT2D eigenvalue weighted by molar-refractivity contribution is 0.603. The minimum atomic E-state index is -3.58.